The van der Waals surface area contributed by atoms with Crippen molar-refractivity contribution in [2.24, 2.45) is 0 Å². The molecule has 0 aliphatic heterocycles. The lowest BCUT2D eigenvalue weighted by Crippen LogP contribution is -2.09. The van der Waals surface area contributed by atoms with E-state index < -0.39 is 29.2 Å². The van der Waals surface area contributed by atoms with Gasteiger partial charge in [0.05, 0.1) is 12.2 Å². The summed E-state index contributed by atoms with van der Waals surface area (Å²) in [5.41, 5.74) is 1.65. The van der Waals surface area contributed by atoms with Crippen LogP contribution in [0.15, 0.2) is 60.7 Å². The van der Waals surface area contributed by atoms with E-state index in [9.17, 15) is 18.0 Å². The zero-order chi connectivity index (χ0) is 25.0. The molecule has 0 saturated carbocycles. The van der Waals surface area contributed by atoms with Gasteiger partial charge in [-0.2, -0.15) is 0 Å². The van der Waals surface area contributed by atoms with Gasteiger partial charge in [-0.25, -0.2) is 18.0 Å². The molecule has 0 N–H and O–H groups in total. The highest BCUT2D eigenvalue weighted by Crippen LogP contribution is 2.20. The first kappa shape index (κ1) is 25.9. The topological polar surface area (TPSA) is 35.5 Å². The van der Waals surface area contributed by atoms with Crippen LogP contribution in [0.3, 0.4) is 0 Å². The minimum Gasteiger partial charge on any atom is -0.494 e. The van der Waals surface area contributed by atoms with Crippen LogP contribution in [0.1, 0.15) is 66.9 Å². The summed E-state index contributed by atoms with van der Waals surface area (Å²) in [6.07, 6.45) is 7.31. The number of rotatable bonds is 10. The molecule has 0 bridgehead atoms. The predicted molar refractivity (Wildman–Crippen MR) is 129 cm³/mol. The number of carbonyl (C=O) groups excluding carboxylic acids is 1. The number of benzene rings is 3. The Labute approximate surface area is 203 Å². The number of esters is 1. The molecule has 0 aliphatic rings. The first-order valence-corrected chi connectivity index (χ1v) is 11.7. The van der Waals surface area contributed by atoms with Gasteiger partial charge in [-0.15, -0.1) is 0 Å². The van der Waals surface area contributed by atoms with Crippen LogP contribution < -0.4 is 9.47 Å². The van der Waals surface area contributed by atoms with Crippen LogP contribution >= 0.6 is 0 Å². The van der Waals surface area contributed by atoms with Gasteiger partial charge in [0.25, 0.3) is 0 Å². The Bertz CT molecular complexity index is 1150. The Morgan fingerprint density at radius 3 is 1.89 bits per heavy atom. The monoisotopic (exact) mass is 480 g/mol. The van der Waals surface area contributed by atoms with E-state index in [1.54, 1.807) is 12.1 Å². The van der Waals surface area contributed by atoms with E-state index in [2.05, 4.69) is 18.8 Å². The number of ether oxygens (including phenoxy) is 2. The lowest BCUT2D eigenvalue weighted by Gasteiger charge is -2.06. The second-order valence-electron chi connectivity index (χ2n) is 8.06. The van der Waals surface area contributed by atoms with E-state index in [0.717, 1.165) is 17.7 Å². The molecular formula is C29H27F3O3. The van der Waals surface area contributed by atoms with E-state index in [0.29, 0.717) is 24.3 Å². The molecule has 0 aliphatic carbocycles. The van der Waals surface area contributed by atoms with Crippen molar-refractivity contribution in [3.63, 3.8) is 0 Å². The first-order valence-electron chi connectivity index (χ1n) is 11.7. The second kappa shape index (κ2) is 13.2. The molecule has 0 heterocycles. The summed E-state index contributed by atoms with van der Waals surface area (Å²) in [6.45, 7) is 2.91. The van der Waals surface area contributed by atoms with Crippen molar-refractivity contribution in [1.29, 1.82) is 0 Å². The molecule has 0 radical (unpaired) electrons. The standard InChI is InChI=1S/C29H27F3O3/c1-2-3-4-5-6-7-18-34-24-16-12-22(13-17-24)9-8-21-10-14-23(15-11-21)29(33)35-25-19-26(30)28(32)27(31)20-25/h10-17,19-20H,2-7,18H2,1H3. The average molecular weight is 481 g/mol. The van der Waals surface area contributed by atoms with Gasteiger partial charge < -0.3 is 9.47 Å². The number of halogens is 3. The maximum absolute atomic E-state index is 13.3. The van der Waals surface area contributed by atoms with E-state index in [1.807, 2.05) is 24.3 Å². The van der Waals surface area contributed by atoms with Crippen LogP contribution in [-0.4, -0.2) is 12.6 Å². The van der Waals surface area contributed by atoms with Gasteiger partial charge in [0.1, 0.15) is 11.5 Å². The Morgan fingerprint density at radius 1 is 0.743 bits per heavy atom. The number of hydrogen-bond donors (Lipinski definition) is 0. The number of hydrogen-bond acceptors (Lipinski definition) is 3. The second-order valence-corrected chi connectivity index (χ2v) is 8.06. The quantitative estimate of drug-likeness (QED) is 0.0993. The number of unbranched alkanes of at least 4 members (excludes halogenated alkanes) is 5. The summed E-state index contributed by atoms with van der Waals surface area (Å²) in [5.74, 6) is 1.13. The molecule has 6 heteroatoms. The van der Waals surface area contributed by atoms with Gasteiger partial charge in [0.2, 0.25) is 0 Å². The Kier molecular flexibility index (Phi) is 9.80. The van der Waals surface area contributed by atoms with Gasteiger partial charge in [-0.05, 0) is 55.0 Å². The van der Waals surface area contributed by atoms with E-state index in [-0.39, 0.29) is 5.56 Å². The molecule has 3 aromatic rings. The summed E-state index contributed by atoms with van der Waals surface area (Å²) in [5, 5.41) is 0. The summed E-state index contributed by atoms with van der Waals surface area (Å²) >= 11 is 0. The fourth-order valence-corrected chi connectivity index (χ4v) is 3.30. The fraction of sp³-hybridized carbons (Fsp3) is 0.276. The van der Waals surface area contributed by atoms with E-state index in [4.69, 9.17) is 9.47 Å². The summed E-state index contributed by atoms with van der Waals surface area (Å²) in [4.78, 5) is 12.2. The molecular weight excluding hydrogens is 453 g/mol. The maximum Gasteiger partial charge on any atom is 0.343 e. The van der Waals surface area contributed by atoms with Crippen LogP contribution in [0.25, 0.3) is 0 Å². The molecule has 0 amide bonds. The highest BCUT2D eigenvalue weighted by Gasteiger charge is 2.14. The van der Waals surface area contributed by atoms with Gasteiger partial charge in [0, 0.05) is 23.3 Å². The van der Waals surface area contributed by atoms with Crippen LogP contribution in [0, 0.1) is 29.3 Å². The lowest BCUT2D eigenvalue weighted by molar-refractivity contribution is 0.0733. The highest BCUT2D eigenvalue weighted by atomic mass is 19.2. The molecule has 3 rings (SSSR count). The molecule has 0 spiro atoms. The van der Waals surface area contributed by atoms with Crippen molar-refractivity contribution in [2.75, 3.05) is 6.61 Å². The third-order valence-electron chi connectivity index (χ3n) is 5.26. The average Bonchev–Trinajstić information content (AvgIpc) is 2.86. The lowest BCUT2D eigenvalue weighted by atomic mass is 10.1. The zero-order valence-electron chi connectivity index (χ0n) is 19.6. The molecule has 0 unspecified atom stereocenters. The molecule has 0 aromatic heterocycles. The van der Waals surface area contributed by atoms with Crippen LogP contribution in [0.5, 0.6) is 11.5 Å². The largest absolute Gasteiger partial charge is 0.494 e. The van der Waals surface area contributed by atoms with Crippen LogP contribution in [0.2, 0.25) is 0 Å². The first-order chi connectivity index (χ1) is 17.0. The van der Waals surface area contributed by atoms with Crippen molar-refractivity contribution in [3.05, 3.63) is 94.8 Å². The van der Waals surface area contributed by atoms with Gasteiger partial charge in [-0.3, -0.25) is 0 Å². The van der Waals surface area contributed by atoms with Crippen molar-refractivity contribution in [2.45, 2.75) is 45.4 Å². The SMILES string of the molecule is CCCCCCCCOc1ccc(C#Cc2ccc(C(=O)Oc3cc(F)c(F)c(F)c3)cc2)cc1. The molecule has 3 aromatic carbocycles. The molecule has 0 fully saturated rings. The fourth-order valence-electron chi connectivity index (χ4n) is 3.30. The summed E-state index contributed by atoms with van der Waals surface area (Å²) in [6, 6.07) is 15.0. The summed E-state index contributed by atoms with van der Waals surface area (Å²) < 4.78 is 50.3. The molecule has 35 heavy (non-hydrogen) atoms. The van der Waals surface area contributed by atoms with Crippen LogP contribution in [0.4, 0.5) is 13.2 Å². The minimum atomic E-state index is -1.62. The zero-order valence-corrected chi connectivity index (χ0v) is 19.6. The van der Waals surface area contributed by atoms with Gasteiger partial charge >= 0.3 is 5.97 Å². The molecule has 182 valence electrons. The predicted octanol–water partition coefficient (Wildman–Crippen LogP) is 7.46. The highest BCUT2D eigenvalue weighted by molar-refractivity contribution is 5.91. The third kappa shape index (κ3) is 8.22. The third-order valence-corrected chi connectivity index (χ3v) is 5.26. The maximum atomic E-state index is 13.3. The van der Waals surface area contributed by atoms with E-state index in [1.165, 1.54) is 44.2 Å². The molecule has 3 nitrogen and oxygen atoms in total. The van der Waals surface area contributed by atoms with Crippen molar-refractivity contribution in [3.8, 4) is 23.3 Å². The van der Waals surface area contributed by atoms with Gasteiger partial charge in [0.15, 0.2) is 17.5 Å². The molecule has 0 atom stereocenters. The van der Waals surface area contributed by atoms with Crippen molar-refractivity contribution in [1.82, 2.24) is 0 Å². The van der Waals surface area contributed by atoms with Gasteiger partial charge in [-0.1, -0.05) is 50.9 Å². The summed E-state index contributed by atoms with van der Waals surface area (Å²) in [7, 11) is 0. The van der Waals surface area contributed by atoms with E-state index >= 15 is 0 Å². The Balaban J connectivity index is 1.50. The van der Waals surface area contributed by atoms with Crippen LogP contribution in [-0.2, 0) is 0 Å². The minimum absolute atomic E-state index is 0.160. The Hall–Kier alpha value is -3.72. The normalized spacial score (nSPS) is 10.4. The number of carbonyl (C=O) groups is 1. The van der Waals surface area contributed by atoms with Crippen molar-refractivity contribution >= 4 is 5.97 Å². The Morgan fingerprint density at radius 2 is 1.29 bits per heavy atom. The van der Waals surface area contributed by atoms with Crippen molar-refractivity contribution < 1.29 is 27.4 Å². The smallest absolute Gasteiger partial charge is 0.343 e. The molecule has 0 saturated heterocycles.